The minimum atomic E-state index is 0.601. The zero-order valence-electron chi connectivity index (χ0n) is 10.2. The van der Waals surface area contributed by atoms with Crippen LogP contribution in [0.5, 0.6) is 0 Å². The van der Waals surface area contributed by atoms with E-state index < -0.39 is 0 Å². The number of hydrogen-bond acceptors (Lipinski definition) is 4. The Hall–Kier alpha value is -1.10. The summed E-state index contributed by atoms with van der Waals surface area (Å²) in [6.07, 6.45) is 1.69. The van der Waals surface area contributed by atoms with E-state index in [2.05, 4.69) is 10.1 Å². The van der Waals surface area contributed by atoms with E-state index in [1.807, 2.05) is 24.3 Å². The number of morpholine rings is 1. The normalized spacial score (nSPS) is 17.2. The Labute approximate surface area is 112 Å². The van der Waals surface area contributed by atoms with Gasteiger partial charge in [-0.2, -0.15) is 0 Å². The van der Waals surface area contributed by atoms with Crippen LogP contribution in [0.25, 0.3) is 0 Å². The van der Waals surface area contributed by atoms with Crippen molar-refractivity contribution in [2.45, 2.75) is 0 Å². The fourth-order valence-corrected chi connectivity index (χ4v) is 1.82. The monoisotopic (exact) mass is 268 g/mol. The van der Waals surface area contributed by atoms with Gasteiger partial charge in [0.15, 0.2) is 0 Å². The second kappa shape index (κ2) is 7.36. The van der Waals surface area contributed by atoms with E-state index in [0.29, 0.717) is 6.61 Å². The van der Waals surface area contributed by atoms with Crippen molar-refractivity contribution in [2.75, 3.05) is 39.5 Å². The fourth-order valence-electron chi connectivity index (χ4n) is 1.69. The Morgan fingerprint density at radius 3 is 2.72 bits per heavy atom. The molecule has 0 atom stereocenters. The molecule has 0 aromatic heterocycles. The van der Waals surface area contributed by atoms with Gasteiger partial charge in [0, 0.05) is 24.7 Å². The zero-order valence-corrected chi connectivity index (χ0v) is 11.0. The average Bonchev–Trinajstić information content (AvgIpc) is 2.42. The standard InChI is InChI=1S/C13H17ClN2O2/c14-13-3-1-12(2-4-13)11-15-18-10-7-16-5-8-17-9-6-16/h1-4,11H,5-10H2/b15-11+. The van der Waals surface area contributed by atoms with Crippen molar-refractivity contribution in [1.29, 1.82) is 0 Å². The summed E-state index contributed by atoms with van der Waals surface area (Å²) >= 11 is 5.79. The molecule has 0 saturated carbocycles. The first-order valence-corrected chi connectivity index (χ1v) is 6.43. The number of oxime groups is 1. The van der Waals surface area contributed by atoms with Crippen molar-refractivity contribution >= 4 is 17.8 Å². The van der Waals surface area contributed by atoms with Crippen LogP contribution in [-0.4, -0.2) is 50.6 Å². The number of rotatable bonds is 5. The van der Waals surface area contributed by atoms with Crippen molar-refractivity contribution in [2.24, 2.45) is 5.16 Å². The molecule has 0 radical (unpaired) electrons. The highest BCUT2D eigenvalue weighted by atomic mass is 35.5. The van der Waals surface area contributed by atoms with E-state index in [0.717, 1.165) is 43.4 Å². The van der Waals surface area contributed by atoms with Crippen LogP contribution in [0.15, 0.2) is 29.4 Å². The lowest BCUT2D eigenvalue weighted by atomic mass is 10.2. The van der Waals surface area contributed by atoms with Crippen LogP contribution in [0.3, 0.4) is 0 Å². The first kappa shape index (κ1) is 13.3. The van der Waals surface area contributed by atoms with Gasteiger partial charge in [-0.3, -0.25) is 4.90 Å². The molecule has 1 aromatic rings. The Morgan fingerprint density at radius 1 is 1.28 bits per heavy atom. The quantitative estimate of drug-likeness (QED) is 0.465. The maximum absolute atomic E-state index is 5.79. The molecule has 5 heteroatoms. The van der Waals surface area contributed by atoms with Gasteiger partial charge in [0.1, 0.15) is 6.61 Å². The van der Waals surface area contributed by atoms with Gasteiger partial charge in [0.05, 0.1) is 19.4 Å². The van der Waals surface area contributed by atoms with E-state index in [4.69, 9.17) is 21.2 Å². The first-order chi connectivity index (χ1) is 8.84. The fraction of sp³-hybridized carbons (Fsp3) is 0.462. The maximum Gasteiger partial charge on any atom is 0.129 e. The van der Waals surface area contributed by atoms with Crippen LogP contribution in [0.1, 0.15) is 5.56 Å². The molecular weight excluding hydrogens is 252 g/mol. The van der Waals surface area contributed by atoms with Gasteiger partial charge in [0.2, 0.25) is 0 Å². The number of benzene rings is 1. The summed E-state index contributed by atoms with van der Waals surface area (Å²) in [6, 6.07) is 7.46. The SMILES string of the molecule is Clc1ccc(/C=N/OCCN2CCOCC2)cc1. The molecule has 0 spiro atoms. The average molecular weight is 269 g/mol. The van der Waals surface area contributed by atoms with Crippen LogP contribution in [0, 0.1) is 0 Å². The molecule has 0 unspecified atom stereocenters. The molecule has 0 N–H and O–H groups in total. The largest absolute Gasteiger partial charge is 0.394 e. The van der Waals surface area contributed by atoms with Crippen LogP contribution in [0.4, 0.5) is 0 Å². The molecule has 0 bridgehead atoms. The van der Waals surface area contributed by atoms with Crippen LogP contribution in [0.2, 0.25) is 5.02 Å². The second-order valence-electron chi connectivity index (χ2n) is 4.07. The predicted molar refractivity (Wildman–Crippen MR) is 72.3 cm³/mol. The summed E-state index contributed by atoms with van der Waals surface area (Å²) in [5, 5.41) is 4.65. The van der Waals surface area contributed by atoms with Gasteiger partial charge < -0.3 is 9.57 Å². The Kier molecular flexibility index (Phi) is 5.45. The van der Waals surface area contributed by atoms with Gasteiger partial charge in [-0.05, 0) is 17.7 Å². The van der Waals surface area contributed by atoms with Gasteiger partial charge in [-0.15, -0.1) is 0 Å². The Morgan fingerprint density at radius 2 is 2.00 bits per heavy atom. The van der Waals surface area contributed by atoms with E-state index >= 15 is 0 Å². The molecule has 98 valence electrons. The summed E-state index contributed by atoms with van der Waals surface area (Å²) in [6.45, 7) is 5.07. The van der Waals surface area contributed by atoms with Crippen molar-refractivity contribution in [1.82, 2.24) is 4.90 Å². The van der Waals surface area contributed by atoms with Crippen LogP contribution < -0.4 is 0 Å². The first-order valence-electron chi connectivity index (χ1n) is 6.05. The third-order valence-corrected chi connectivity index (χ3v) is 3.00. The number of ether oxygens (including phenoxy) is 1. The summed E-state index contributed by atoms with van der Waals surface area (Å²) in [5.74, 6) is 0. The molecule has 0 amide bonds. The van der Waals surface area contributed by atoms with Gasteiger partial charge in [0.25, 0.3) is 0 Å². The molecule has 0 aliphatic carbocycles. The molecule has 1 aromatic carbocycles. The Balaban J connectivity index is 1.63. The maximum atomic E-state index is 5.79. The molecule has 2 rings (SSSR count). The van der Waals surface area contributed by atoms with E-state index in [1.165, 1.54) is 0 Å². The van der Waals surface area contributed by atoms with Crippen molar-refractivity contribution in [3.05, 3.63) is 34.9 Å². The number of halogens is 1. The van der Waals surface area contributed by atoms with Crippen molar-refractivity contribution in [3.63, 3.8) is 0 Å². The van der Waals surface area contributed by atoms with Crippen LogP contribution >= 0.6 is 11.6 Å². The highest BCUT2D eigenvalue weighted by Crippen LogP contribution is 2.07. The predicted octanol–water partition coefficient (Wildman–Crippen LogP) is 2.02. The van der Waals surface area contributed by atoms with E-state index in [9.17, 15) is 0 Å². The van der Waals surface area contributed by atoms with Gasteiger partial charge in [-0.1, -0.05) is 28.9 Å². The molecular formula is C13H17ClN2O2. The lowest BCUT2D eigenvalue weighted by molar-refractivity contribution is 0.0214. The minimum Gasteiger partial charge on any atom is -0.394 e. The van der Waals surface area contributed by atoms with E-state index in [-0.39, 0.29) is 0 Å². The van der Waals surface area contributed by atoms with Crippen molar-refractivity contribution < 1.29 is 9.57 Å². The van der Waals surface area contributed by atoms with E-state index in [1.54, 1.807) is 6.21 Å². The molecule has 18 heavy (non-hydrogen) atoms. The number of nitrogens with zero attached hydrogens (tertiary/aromatic N) is 2. The summed E-state index contributed by atoms with van der Waals surface area (Å²) in [7, 11) is 0. The highest BCUT2D eigenvalue weighted by Gasteiger charge is 2.09. The lowest BCUT2D eigenvalue weighted by Crippen LogP contribution is -2.38. The summed E-state index contributed by atoms with van der Waals surface area (Å²) < 4.78 is 5.27. The van der Waals surface area contributed by atoms with Crippen molar-refractivity contribution in [3.8, 4) is 0 Å². The molecule has 1 aliphatic heterocycles. The molecule has 1 aliphatic rings. The molecule has 1 fully saturated rings. The molecule has 4 nitrogen and oxygen atoms in total. The minimum absolute atomic E-state index is 0.601. The number of hydrogen-bond donors (Lipinski definition) is 0. The summed E-state index contributed by atoms with van der Waals surface area (Å²) in [5.41, 5.74) is 0.978. The second-order valence-corrected chi connectivity index (χ2v) is 4.51. The van der Waals surface area contributed by atoms with Crippen LogP contribution in [-0.2, 0) is 9.57 Å². The topological polar surface area (TPSA) is 34.1 Å². The highest BCUT2D eigenvalue weighted by molar-refractivity contribution is 6.30. The van der Waals surface area contributed by atoms with Gasteiger partial charge in [-0.25, -0.2) is 0 Å². The smallest absolute Gasteiger partial charge is 0.129 e. The molecule has 1 heterocycles. The third-order valence-electron chi connectivity index (χ3n) is 2.75. The molecule has 1 saturated heterocycles. The summed E-state index contributed by atoms with van der Waals surface area (Å²) in [4.78, 5) is 7.53. The third kappa shape index (κ3) is 4.64. The lowest BCUT2D eigenvalue weighted by Gasteiger charge is -2.25. The zero-order chi connectivity index (χ0) is 12.6. The Bertz CT molecular complexity index is 375. The van der Waals surface area contributed by atoms with Gasteiger partial charge >= 0.3 is 0 Å².